The standard InChI is InChI=1S/C14H15F3O/c15-14(16,17)11-4-2-10(3-5-11)13(18)8-12(9-13)6-1-7-12/h2-5,18H,1,6-9H2. The Hall–Kier alpha value is -1.03. The fourth-order valence-electron chi connectivity index (χ4n) is 3.39. The van der Waals surface area contributed by atoms with Crippen LogP contribution in [-0.2, 0) is 11.8 Å². The molecule has 0 radical (unpaired) electrons. The Morgan fingerprint density at radius 3 is 1.94 bits per heavy atom. The van der Waals surface area contributed by atoms with Gasteiger partial charge in [-0.05, 0) is 48.8 Å². The number of rotatable bonds is 1. The van der Waals surface area contributed by atoms with Crippen LogP contribution in [0.3, 0.4) is 0 Å². The van der Waals surface area contributed by atoms with E-state index < -0.39 is 17.3 Å². The zero-order valence-corrected chi connectivity index (χ0v) is 9.93. The van der Waals surface area contributed by atoms with Crippen molar-refractivity contribution in [1.29, 1.82) is 0 Å². The molecule has 2 saturated carbocycles. The van der Waals surface area contributed by atoms with Crippen molar-refractivity contribution < 1.29 is 18.3 Å². The molecule has 2 aliphatic rings. The van der Waals surface area contributed by atoms with E-state index in [0.29, 0.717) is 18.4 Å². The van der Waals surface area contributed by atoms with Gasteiger partial charge in [0.25, 0.3) is 0 Å². The number of benzene rings is 1. The molecule has 0 aromatic heterocycles. The molecule has 0 unspecified atom stereocenters. The van der Waals surface area contributed by atoms with Crippen LogP contribution in [0.1, 0.15) is 43.2 Å². The van der Waals surface area contributed by atoms with Gasteiger partial charge >= 0.3 is 6.18 Å². The molecule has 3 rings (SSSR count). The van der Waals surface area contributed by atoms with Crippen LogP contribution in [0.2, 0.25) is 0 Å². The van der Waals surface area contributed by atoms with Crippen LogP contribution in [0.4, 0.5) is 13.2 Å². The smallest absolute Gasteiger partial charge is 0.385 e. The molecular formula is C14H15F3O. The molecule has 1 spiro atoms. The summed E-state index contributed by atoms with van der Waals surface area (Å²) in [4.78, 5) is 0. The predicted molar refractivity (Wildman–Crippen MR) is 60.9 cm³/mol. The zero-order chi connectivity index (χ0) is 13.0. The highest BCUT2D eigenvalue weighted by atomic mass is 19.4. The van der Waals surface area contributed by atoms with E-state index in [2.05, 4.69) is 0 Å². The number of aliphatic hydroxyl groups is 1. The van der Waals surface area contributed by atoms with Gasteiger partial charge in [-0.3, -0.25) is 0 Å². The topological polar surface area (TPSA) is 20.2 Å². The van der Waals surface area contributed by atoms with Crippen LogP contribution in [0.25, 0.3) is 0 Å². The molecule has 0 bridgehead atoms. The van der Waals surface area contributed by atoms with Crippen LogP contribution in [0.5, 0.6) is 0 Å². The van der Waals surface area contributed by atoms with Gasteiger partial charge in [0, 0.05) is 0 Å². The lowest BCUT2D eigenvalue weighted by Gasteiger charge is -2.59. The highest BCUT2D eigenvalue weighted by molar-refractivity contribution is 5.32. The summed E-state index contributed by atoms with van der Waals surface area (Å²) in [5.74, 6) is 0. The molecule has 2 fully saturated rings. The van der Waals surface area contributed by atoms with Gasteiger partial charge in [-0.15, -0.1) is 0 Å². The van der Waals surface area contributed by atoms with Gasteiger partial charge in [0.2, 0.25) is 0 Å². The Morgan fingerprint density at radius 1 is 1.00 bits per heavy atom. The van der Waals surface area contributed by atoms with Crippen LogP contribution in [-0.4, -0.2) is 5.11 Å². The van der Waals surface area contributed by atoms with Crippen LogP contribution < -0.4 is 0 Å². The average Bonchev–Trinajstić information content (AvgIpc) is 2.21. The first-order valence-electron chi connectivity index (χ1n) is 6.23. The Morgan fingerprint density at radius 2 is 1.56 bits per heavy atom. The monoisotopic (exact) mass is 256 g/mol. The second-order valence-electron chi connectivity index (χ2n) is 5.81. The molecule has 1 aromatic carbocycles. The van der Waals surface area contributed by atoms with Crippen molar-refractivity contribution >= 4 is 0 Å². The SMILES string of the molecule is OC1(c2ccc(C(F)(F)F)cc2)CC2(CCC2)C1. The first-order chi connectivity index (χ1) is 8.33. The molecule has 1 nitrogen and oxygen atoms in total. The van der Waals surface area contributed by atoms with Crippen molar-refractivity contribution in [3.8, 4) is 0 Å². The maximum atomic E-state index is 12.4. The lowest BCUT2D eigenvalue weighted by Crippen LogP contribution is -2.53. The van der Waals surface area contributed by atoms with Crippen LogP contribution >= 0.6 is 0 Å². The van der Waals surface area contributed by atoms with Gasteiger partial charge < -0.3 is 5.11 Å². The van der Waals surface area contributed by atoms with E-state index in [0.717, 1.165) is 25.0 Å². The van der Waals surface area contributed by atoms with Gasteiger partial charge in [0.05, 0.1) is 11.2 Å². The molecule has 1 N–H and O–H groups in total. The number of hydrogen-bond acceptors (Lipinski definition) is 1. The molecule has 0 saturated heterocycles. The van der Waals surface area contributed by atoms with Gasteiger partial charge in [0.15, 0.2) is 0 Å². The lowest BCUT2D eigenvalue weighted by atomic mass is 9.48. The van der Waals surface area contributed by atoms with Crippen molar-refractivity contribution in [2.75, 3.05) is 0 Å². The molecule has 0 heterocycles. The highest BCUT2D eigenvalue weighted by Crippen LogP contribution is 2.63. The first-order valence-corrected chi connectivity index (χ1v) is 6.23. The fourth-order valence-corrected chi connectivity index (χ4v) is 3.39. The molecule has 2 aliphatic carbocycles. The van der Waals surface area contributed by atoms with Gasteiger partial charge in [-0.1, -0.05) is 18.6 Å². The number of alkyl halides is 3. The maximum Gasteiger partial charge on any atom is 0.416 e. The van der Waals surface area contributed by atoms with Crippen molar-refractivity contribution in [3.05, 3.63) is 35.4 Å². The van der Waals surface area contributed by atoms with Crippen molar-refractivity contribution in [3.63, 3.8) is 0 Å². The minimum Gasteiger partial charge on any atom is -0.385 e. The molecule has 4 heteroatoms. The third-order valence-electron chi connectivity index (χ3n) is 4.50. The summed E-state index contributed by atoms with van der Waals surface area (Å²) in [5, 5.41) is 10.4. The Kier molecular flexibility index (Phi) is 2.34. The summed E-state index contributed by atoms with van der Waals surface area (Å²) in [6, 6.07) is 4.93. The second kappa shape index (κ2) is 3.50. The van der Waals surface area contributed by atoms with E-state index in [9.17, 15) is 18.3 Å². The Labute approximate surface area is 104 Å². The third-order valence-corrected chi connectivity index (χ3v) is 4.50. The molecule has 98 valence electrons. The Bertz CT molecular complexity index is 449. The molecule has 0 atom stereocenters. The summed E-state index contributed by atoms with van der Waals surface area (Å²) in [6.07, 6.45) is 0.599. The van der Waals surface area contributed by atoms with E-state index in [1.807, 2.05) is 0 Å². The van der Waals surface area contributed by atoms with Gasteiger partial charge in [-0.25, -0.2) is 0 Å². The molecule has 0 amide bonds. The molecular weight excluding hydrogens is 241 g/mol. The summed E-state index contributed by atoms with van der Waals surface area (Å²) < 4.78 is 37.3. The fraction of sp³-hybridized carbons (Fsp3) is 0.571. The molecule has 0 aliphatic heterocycles. The Balaban J connectivity index is 1.78. The minimum absolute atomic E-state index is 0.289. The normalized spacial score (nSPS) is 24.4. The molecule has 18 heavy (non-hydrogen) atoms. The first kappa shape index (κ1) is 12.0. The number of hydrogen-bond donors (Lipinski definition) is 1. The van der Waals surface area contributed by atoms with Gasteiger partial charge in [-0.2, -0.15) is 13.2 Å². The largest absolute Gasteiger partial charge is 0.416 e. The summed E-state index contributed by atoms with van der Waals surface area (Å²) in [6.45, 7) is 0. The highest BCUT2D eigenvalue weighted by Gasteiger charge is 2.56. The van der Waals surface area contributed by atoms with Crippen molar-refractivity contribution in [2.45, 2.75) is 43.9 Å². The van der Waals surface area contributed by atoms with E-state index in [1.54, 1.807) is 0 Å². The summed E-state index contributed by atoms with van der Waals surface area (Å²) in [7, 11) is 0. The second-order valence-corrected chi connectivity index (χ2v) is 5.81. The summed E-state index contributed by atoms with van der Waals surface area (Å²) >= 11 is 0. The summed E-state index contributed by atoms with van der Waals surface area (Å²) in [5.41, 5.74) is -0.650. The average molecular weight is 256 g/mol. The van der Waals surface area contributed by atoms with Crippen molar-refractivity contribution in [1.82, 2.24) is 0 Å². The maximum absolute atomic E-state index is 12.4. The molecule has 1 aromatic rings. The van der Waals surface area contributed by atoms with Crippen molar-refractivity contribution in [2.24, 2.45) is 5.41 Å². The van der Waals surface area contributed by atoms with E-state index in [-0.39, 0.29) is 5.41 Å². The van der Waals surface area contributed by atoms with E-state index >= 15 is 0 Å². The van der Waals surface area contributed by atoms with Crippen LogP contribution in [0.15, 0.2) is 24.3 Å². The number of halogens is 3. The minimum atomic E-state index is -4.31. The predicted octanol–water partition coefficient (Wildman–Crippen LogP) is 3.86. The van der Waals surface area contributed by atoms with Crippen LogP contribution in [0, 0.1) is 5.41 Å². The van der Waals surface area contributed by atoms with E-state index in [1.165, 1.54) is 18.6 Å². The third kappa shape index (κ3) is 1.74. The zero-order valence-electron chi connectivity index (χ0n) is 9.93. The van der Waals surface area contributed by atoms with Gasteiger partial charge in [0.1, 0.15) is 0 Å². The lowest BCUT2D eigenvalue weighted by molar-refractivity contribution is -0.169. The quantitative estimate of drug-likeness (QED) is 0.809. The van der Waals surface area contributed by atoms with E-state index in [4.69, 9.17) is 0 Å².